The molecule has 4 rings (SSSR count). The molecule has 0 radical (unpaired) electrons. The summed E-state index contributed by atoms with van der Waals surface area (Å²) in [5, 5.41) is 12.8. The standard InChI is InChI=1S/C32H58N2O2/c1-23(11-16-30(36)33-20-9-21-34(5,6)22-24(2)35)27-14-15-28-26-13-12-25-10-7-8-18-31(25,3)29(26)17-19-32(27,28)4/h23-29,35H,7-22H2,1-6H3/p+1/t23-,24?,25?,26?,27-,28?,29?,31+,32-/m1/s1. The molecule has 0 aromatic heterocycles. The molecule has 2 N–H and O–H groups in total. The molecule has 208 valence electrons. The van der Waals surface area contributed by atoms with Crippen molar-refractivity contribution >= 4 is 5.91 Å². The molecule has 4 aliphatic rings. The van der Waals surface area contributed by atoms with Crippen molar-refractivity contribution in [1.29, 1.82) is 0 Å². The summed E-state index contributed by atoms with van der Waals surface area (Å²) in [4.78, 5) is 12.6. The number of nitrogens with zero attached hydrogens (tertiary/aromatic N) is 1. The number of hydrogen-bond donors (Lipinski definition) is 2. The van der Waals surface area contributed by atoms with E-state index in [1.54, 1.807) is 0 Å². The molecule has 4 heteroatoms. The van der Waals surface area contributed by atoms with Gasteiger partial charge in [0.05, 0.1) is 20.6 Å². The van der Waals surface area contributed by atoms with Gasteiger partial charge in [-0.2, -0.15) is 0 Å². The Morgan fingerprint density at radius 1 is 0.972 bits per heavy atom. The molecule has 0 heterocycles. The van der Waals surface area contributed by atoms with Gasteiger partial charge in [-0.05, 0) is 111 Å². The highest BCUT2D eigenvalue weighted by Gasteiger charge is 2.60. The number of rotatable bonds is 10. The Morgan fingerprint density at radius 3 is 2.47 bits per heavy atom. The van der Waals surface area contributed by atoms with E-state index in [-0.39, 0.29) is 12.0 Å². The van der Waals surface area contributed by atoms with Crippen LogP contribution in [0.4, 0.5) is 0 Å². The first kappa shape index (κ1) is 28.4. The fourth-order valence-corrected chi connectivity index (χ4v) is 10.5. The predicted molar refractivity (Wildman–Crippen MR) is 149 cm³/mol. The maximum absolute atomic E-state index is 12.6. The average molecular weight is 504 g/mol. The molecule has 0 aromatic carbocycles. The number of nitrogens with one attached hydrogen (secondary N) is 1. The van der Waals surface area contributed by atoms with Crippen LogP contribution in [-0.2, 0) is 4.79 Å². The lowest BCUT2D eigenvalue weighted by atomic mass is 9.44. The van der Waals surface area contributed by atoms with Crippen molar-refractivity contribution in [2.75, 3.05) is 33.7 Å². The summed E-state index contributed by atoms with van der Waals surface area (Å²) in [6.07, 6.45) is 17.1. The lowest BCUT2D eigenvalue weighted by Gasteiger charge is -2.61. The Kier molecular flexibility index (Phi) is 8.87. The van der Waals surface area contributed by atoms with Gasteiger partial charge in [0, 0.05) is 19.4 Å². The first-order valence-corrected chi connectivity index (χ1v) is 15.7. The summed E-state index contributed by atoms with van der Waals surface area (Å²) in [6, 6.07) is 0. The zero-order chi connectivity index (χ0) is 26.1. The molecule has 9 atom stereocenters. The smallest absolute Gasteiger partial charge is 0.220 e. The first-order valence-electron chi connectivity index (χ1n) is 15.7. The second kappa shape index (κ2) is 11.2. The molecule has 36 heavy (non-hydrogen) atoms. The van der Waals surface area contributed by atoms with E-state index in [1.165, 1.54) is 64.2 Å². The Labute approximate surface area is 223 Å². The Balaban J connectivity index is 1.25. The number of aliphatic hydroxyl groups is 1. The maximum Gasteiger partial charge on any atom is 0.220 e. The van der Waals surface area contributed by atoms with Gasteiger partial charge in [-0.15, -0.1) is 0 Å². The van der Waals surface area contributed by atoms with Crippen molar-refractivity contribution < 1.29 is 14.4 Å². The summed E-state index contributed by atoms with van der Waals surface area (Å²) < 4.78 is 0.799. The number of aliphatic hydroxyl groups excluding tert-OH is 1. The number of likely N-dealkylation sites (N-methyl/N-ethyl adjacent to an activating group) is 1. The minimum atomic E-state index is -0.284. The SMILES string of the molecule is CC(O)C[N+](C)(C)CCCNC(=O)CC[C@@H](C)[C@H]1CCC2C3CCC4CCCC[C@]4(C)C3CC[C@@]21C. The Hall–Kier alpha value is -0.610. The van der Waals surface area contributed by atoms with Crippen molar-refractivity contribution in [1.82, 2.24) is 5.32 Å². The minimum absolute atomic E-state index is 0.231. The molecule has 0 spiro atoms. The van der Waals surface area contributed by atoms with Gasteiger partial charge in [-0.1, -0.05) is 33.6 Å². The highest BCUT2D eigenvalue weighted by atomic mass is 16.3. The zero-order valence-corrected chi connectivity index (χ0v) is 24.7. The summed E-state index contributed by atoms with van der Waals surface area (Å²) in [5.41, 5.74) is 1.14. The third-order valence-electron chi connectivity index (χ3n) is 12.2. The number of carbonyl (C=O) groups excluding carboxylic acids is 1. The number of hydrogen-bond acceptors (Lipinski definition) is 2. The summed E-state index contributed by atoms with van der Waals surface area (Å²) in [6.45, 7) is 12.1. The molecule has 4 nitrogen and oxygen atoms in total. The van der Waals surface area contributed by atoms with Crippen LogP contribution in [-0.4, -0.2) is 55.3 Å². The Bertz CT molecular complexity index is 750. The van der Waals surface area contributed by atoms with Crippen LogP contribution < -0.4 is 5.32 Å². The fraction of sp³-hybridized carbons (Fsp3) is 0.969. The van der Waals surface area contributed by atoms with Crippen molar-refractivity contribution in [3.63, 3.8) is 0 Å². The van der Waals surface area contributed by atoms with Gasteiger partial charge in [0.2, 0.25) is 5.91 Å². The summed E-state index contributed by atoms with van der Waals surface area (Å²) in [7, 11) is 4.31. The van der Waals surface area contributed by atoms with E-state index in [4.69, 9.17) is 0 Å². The van der Waals surface area contributed by atoms with Crippen LogP contribution >= 0.6 is 0 Å². The molecule has 4 fully saturated rings. The summed E-state index contributed by atoms with van der Waals surface area (Å²) >= 11 is 0. The lowest BCUT2D eigenvalue weighted by Crippen LogP contribution is -2.53. The first-order chi connectivity index (χ1) is 17.0. The number of carbonyl (C=O) groups is 1. The monoisotopic (exact) mass is 503 g/mol. The van der Waals surface area contributed by atoms with E-state index in [1.807, 2.05) is 6.92 Å². The van der Waals surface area contributed by atoms with Crippen molar-refractivity contribution in [3.8, 4) is 0 Å². The Morgan fingerprint density at radius 2 is 1.72 bits per heavy atom. The molecule has 1 amide bonds. The van der Waals surface area contributed by atoms with E-state index < -0.39 is 0 Å². The van der Waals surface area contributed by atoms with Gasteiger partial charge >= 0.3 is 0 Å². The molecule has 0 saturated heterocycles. The normalized spacial score (nSPS) is 40.0. The molecule has 0 aromatic rings. The highest BCUT2D eigenvalue weighted by Crippen LogP contribution is 2.68. The van der Waals surface area contributed by atoms with Gasteiger partial charge in [0.1, 0.15) is 12.6 Å². The van der Waals surface area contributed by atoms with Crippen LogP contribution in [0.3, 0.4) is 0 Å². The molecule has 5 unspecified atom stereocenters. The quantitative estimate of drug-likeness (QED) is 0.267. The third kappa shape index (κ3) is 5.85. The van der Waals surface area contributed by atoms with Crippen LogP contribution in [0.1, 0.15) is 111 Å². The van der Waals surface area contributed by atoms with E-state index in [2.05, 4.69) is 40.2 Å². The fourth-order valence-electron chi connectivity index (χ4n) is 10.5. The number of fused-ring (bicyclic) bond motifs is 5. The van der Waals surface area contributed by atoms with Crippen molar-refractivity contribution in [2.24, 2.45) is 46.3 Å². The molecular formula is C32H59N2O2+. The average Bonchev–Trinajstić information content (AvgIpc) is 3.16. The van der Waals surface area contributed by atoms with Crippen LogP contribution in [0, 0.1) is 46.3 Å². The van der Waals surface area contributed by atoms with Gasteiger partial charge in [-0.3, -0.25) is 4.79 Å². The van der Waals surface area contributed by atoms with Gasteiger partial charge < -0.3 is 14.9 Å². The van der Waals surface area contributed by atoms with E-state index in [9.17, 15) is 9.90 Å². The van der Waals surface area contributed by atoms with Gasteiger partial charge in [-0.25, -0.2) is 0 Å². The highest BCUT2D eigenvalue weighted by molar-refractivity contribution is 5.75. The minimum Gasteiger partial charge on any atom is -0.388 e. The van der Waals surface area contributed by atoms with Crippen LogP contribution in [0.2, 0.25) is 0 Å². The van der Waals surface area contributed by atoms with Crippen molar-refractivity contribution in [3.05, 3.63) is 0 Å². The van der Waals surface area contributed by atoms with E-state index in [0.717, 1.165) is 66.5 Å². The maximum atomic E-state index is 12.6. The van der Waals surface area contributed by atoms with Crippen LogP contribution in [0.25, 0.3) is 0 Å². The largest absolute Gasteiger partial charge is 0.388 e. The van der Waals surface area contributed by atoms with Gasteiger partial charge in [0.25, 0.3) is 0 Å². The summed E-state index contributed by atoms with van der Waals surface area (Å²) in [5.74, 6) is 5.57. The second-order valence-corrected chi connectivity index (χ2v) is 15.0. The van der Waals surface area contributed by atoms with Crippen molar-refractivity contribution in [2.45, 2.75) is 117 Å². The molecular weight excluding hydrogens is 444 g/mol. The second-order valence-electron chi connectivity index (χ2n) is 15.0. The van der Waals surface area contributed by atoms with E-state index >= 15 is 0 Å². The van der Waals surface area contributed by atoms with Crippen LogP contribution in [0.5, 0.6) is 0 Å². The molecule has 0 bridgehead atoms. The molecule has 4 saturated carbocycles. The topological polar surface area (TPSA) is 49.3 Å². The zero-order valence-electron chi connectivity index (χ0n) is 24.7. The van der Waals surface area contributed by atoms with E-state index in [0.29, 0.717) is 23.2 Å². The number of amides is 1. The lowest BCUT2D eigenvalue weighted by molar-refractivity contribution is -0.893. The third-order valence-corrected chi connectivity index (χ3v) is 12.2. The van der Waals surface area contributed by atoms with Crippen LogP contribution in [0.15, 0.2) is 0 Å². The predicted octanol–water partition coefficient (Wildman–Crippen LogP) is 6.42. The molecule has 4 aliphatic carbocycles. The number of quaternary nitrogens is 1. The molecule has 0 aliphatic heterocycles. The van der Waals surface area contributed by atoms with Gasteiger partial charge in [0.15, 0.2) is 0 Å².